The van der Waals surface area contributed by atoms with Crippen LogP contribution < -0.4 is 10.6 Å². The molecule has 2 amide bonds. The van der Waals surface area contributed by atoms with E-state index in [2.05, 4.69) is 32.0 Å². The molecule has 2 N–H and O–H groups in total. The summed E-state index contributed by atoms with van der Waals surface area (Å²) >= 11 is 1.65. The Morgan fingerprint density at radius 3 is 2.72 bits per heavy atom. The van der Waals surface area contributed by atoms with E-state index in [9.17, 15) is 9.59 Å². The highest BCUT2D eigenvalue weighted by Gasteiger charge is 2.25. The Morgan fingerprint density at radius 1 is 1.17 bits per heavy atom. The Balaban J connectivity index is 1.44. The van der Waals surface area contributed by atoms with E-state index in [1.165, 1.54) is 18.4 Å². The van der Waals surface area contributed by atoms with E-state index in [-0.39, 0.29) is 6.04 Å². The van der Waals surface area contributed by atoms with E-state index in [0.29, 0.717) is 12.2 Å². The number of likely N-dealkylation sites (tertiary alicyclic amines) is 1. The first-order chi connectivity index (χ1) is 14.1. The molecule has 1 aliphatic heterocycles. The van der Waals surface area contributed by atoms with Gasteiger partial charge in [0.1, 0.15) is 0 Å². The Kier molecular flexibility index (Phi) is 5.87. The lowest BCUT2D eigenvalue weighted by Gasteiger charge is -2.27. The van der Waals surface area contributed by atoms with Gasteiger partial charge >= 0.3 is 11.8 Å². The van der Waals surface area contributed by atoms with Gasteiger partial charge in [-0.15, -0.1) is 0 Å². The number of pyridine rings is 1. The van der Waals surface area contributed by atoms with Crippen molar-refractivity contribution in [2.45, 2.75) is 25.8 Å². The number of aryl methyl sites for hydroxylation is 1. The van der Waals surface area contributed by atoms with Crippen molar-refractivity contribution < 1.29 is 9.59 Å². The smallest absolute Gasteiger partial charge is 0.313 e. The molecule has 0 spiro atoms. The van der Waals surface area contributed by atoms with E-state index < -0.39 is 11.8 Å². The number of fused-ring (bicyclic) bond motifs is 1. The van der Waals surface area contributed by atoms with Gasteiger partial charge in [0, 0.05) is 17.6 Å². The molecular weight excluding hydrogens is 384 g/mol. The normalized spacial score (nSPS) is 15.3. The molecule has 1 atom stereocenters. The zero-order chi connectivity index (χ0) is 20.2. The van der Waals surface area contributed by atoms with E-state index in [1.54, 1.807) is 17.4 Å². The summed E-state index contributed by atoms with van der Waals surface area (Å²) in [6.45, 7) is 4.32. The van der Waals surface area contributed by atoms with Crippen LogP contribution in [0.4, 0.5) is 5.69 Å². The molecule has 0 bridgehead atoms. The molecule has 0 unspecified atom stereocenters. The predicted molar refractivity (Wildman–Crippen MR) is 116 cm³/mol. The third-order valence-electron chi connectivity index (χ3n) is 5.26. The molecule has 1 saturated heterocycles. The van der Waals surface area contributed by atoms with Gasteiger partial charge in [0.25, 0.3) is 0 Å². The molecule has 0 radical (unpaired) electrons. The summed E-state index contributed by atoms with van der Waals surface area (Å²) in [5.41, 5.74) is 3.36. The number of aromatic nitrogens is 1. The van der Waals surface area contributed by atoms with Crippen molar-refractivity contribution in [3.8, 4) is 0 Å². The first-order valence-corrected chi connectivity index (χ1v) is 10.8. The van der Waals surface area contributed by atoms with Crippen LogP contribution in [0.1, 0.15) is 30.1 Å². The molecule has 7 heteroatoms. The molecule has 29 heavy (non-hydrogen) atoms. The number of amides is 2. The van der Waals surface area contributed by atoms with Gasteiger partial charge in [-0.05, 0) is 67.4 Å². The van der Waals surface area contributed by atoms with Gasteiger partial charge in [-0.25, -0.2) is 0 Å². The molecular formula is C22H24N4O2S. The number of nitrogens with zero attached hydrogens (tertiary/aromatic N) is 2. The monoisotopic (exact) mass is 408 g/mol. The van der Waals surface area contributed by atoms with Crippen LogP contribution in [-0.4, -0.2) is 41.3 Å². The van der Waals surface area contributed by atoms with Crippen LogP contribution in [0.2, 0.25) is 0 Å². The number of hydrogen-bond acceptors (Lipinski definition) is 5. The standard InChI is InChI=1S/C22H24N4O2S/c1-15-12-19(17-6-2-3-7-18(17)24-15)25-22(28)21(27)23-13-20(16-8-11-29-14-16)26-9-4-5-10-26/h2-3,6-8,11-12,14,20H,4-5,9-10,13H2,1H3,(H,23,27)(H,24,25,28)/t20-/m1/s1. The van der Waals surface area contributed by atoms with E-state index in [0.717, 1.165) is 29.7 Å². The maximum atomic E-state index is 12.5. The maximum absolute atomic E-state index is 12.5. The fraction of sp³-hybridized carbons (Fsp3) is 0.318. The van der Waals surface area contributed by atoms with Gasteiger partial charge < -0.3 is 10.6 Å². The van der Waals surface area contributed by atoms with Crippen LogP contribution in [0.5, 0.6) is 0 Å². The number of hydrogen-bond donors (Lipinski definition) is 2. The molecule has 6 nitrogen and oxygen atoms in total. The average molecular weight is 409 g/mol. The van der Waals surface area contributed by atoms with Gasteiger partial charge in [0.15, 0.2) is 0 Å². The number of anilines is 1. The fourth-order valence-corrected chi connectivity index (χ4v) is 4.54. The minimum Gasteiger partial charge on any atom is -0.346 e. The second kappa shape index (κ2) is 8.71. The Morgan fingerprint density at radius 2 is 1.97 bits per heavy atom. The summed E-state index contributed by atoms with van der Waals surface area (Å²) in [5.74, 6) is -1.28. The van der Waals surface area contributed by atoms with Crippen LogP contribution in [0.15, 0.2) is 47.2 Å². The van der Waals surface area contributed by atoms with Crippen LogP contribution in [-0.2, 0) is 9.59 Å². The SMILES string of the molecule is Cc1cc(NC(=O)C(=O)NC[C@H](c2ccsc2)N2CCCC2)c2ccccc2n1. The van der Waals surface area contributed by atoms with Gasteiger partial charge in [0.2, 0.25) is 0 Å². The lowest BCUT2D eigenvalue weighted by molar-refractivity contribution is -0.136. The highest BCUT2D eigenvalue weighted by molar-refractivity contribution is 7.08. The average Bonchev–Trinajstić information content (AvgIpc) is 3.42. The summed E-state index contributed by atoms with van der Waals surface area (Å²) in [4.78, 5) is 31.9. The number of rotatable bonds is 5. The van der Waals surface area contributed by atoms with E-state index in [1.807, 2.05) is 36.6 Å². The first-order valence-electron chi connectivity index (χ1n) is 9.83. The maximum Gasteiger partial charge on any atom is 0.313 e. The second-order valence-electron chi connectivity index (χ2n) is 7.31. The van der Waals surface area contributed by atoms with Gasteiger partial charge in [-0.1, -0.05) is 18.2 Å². The Bertz CT molecular complexity index is 1010. The number of nitrogens with one attached hydrogen (secondary N) is 2. The number of benzene rings is 1. The van der Waals surface area contributed by atoms with Crippen molar-refractivity contribution in [3.05, 3.63) is 58.4 Å². The van der Waals surface area contributed by atoms with Crippen molar-refractivity contribution >= 4 is 39.7 Å². The van der Waals surface area contributed by atoms with Crippen molar-refractivity contribution in [3.63, 3.8) is 0 Å². The number of carbonyl (C=O) groups is 2. The summed E-state index contributed by atoms with van der Waals surface area (Å²) < 4.78 is 0. The summed E-state index contributed by atoms with van der Waals surface area (Å²) in [5, 5.41) is 10.5. The minimum atomic E-state index is -0.661. The van der Waals surface area contributed by atoms with Crippen molar-refractivity contribution in [1.29, 1.82) is 0 Å². The number of para-hydroxylation sites is 1. The third kappa shape index (κ3) is 4.46. The first kappa shape index (κ1) is 19.5. The quantitative estimate of drug-likeness (QED) is 0.634. The van der Waals surface area contributed by atoms with Crippen molar-refractivity contribution in [2.75, 3.05) is 25.0 Å². The lowest BCUT2D eigenvalue weighted by Crippen LogP contribution is -2.41. The van der Waals surface area contributed by atoms with Crippen molar-refractivity contribution in [2.24, 2.45) is 0 Å². The topological polar surface area (TPSA) is 74.3 Å². The molecule has 0 saturated carbocycles. The molecule has 3 aromatic rings. The van der Waals surface area contributed by atoms with Gasteiger partial charge in [-0.3, -0.25) is 19.5 Å². The second-order valence-corrected chi connectivity index (χ2v) is 8.09. The van der Waals surface area contributed by atoms with Crippen LogP contribution in [0, 0.1) is 6.92 Å². The van der Waals surface area contributed by atoms with Crippen LogP contribution in [0.3, 0.4) is 0 Å². The Hall–Kier alpha value is -2.77. The number of thiophene rings is 1. The van der Waals surface area contributed by atoms with E-state index in [4.69, 9.17) is 0 Å². The largest absolute Gasteiger partial charge is 0.346 e. The van der Waals surface area contributed by atoms with Crippen molar-refractivity contribution in [1.82, 2.24) is 15.2 Å². The van der Waals surface area contributed by atoms with E-state index >= 15 is 0 Å². The molecule has 3 heterocycles. The van der Waals surface area contributed by atoms with Crippen LogP contribution >= 0.6 is 11.3 Å². The summed E-state index contributed by atoms with van der Waals surface area (Å²) in [7, 11) is 0. The third-order valence-corrected chi connectivity index (χ3v) is 5.97. The molecule has 150 valence electrons. The highest BCUT2D eigenvalue weighted by atomic mass is 32.1. The van der Waals surface area contributed by atoms with Gasteiger partial charge in [-0.2, -0.15) is 11.3 Å². The molecule has 1 aliphatic rings. The molecule has 2 aromatic heterocycles. The van der Waals surface area contributed by atoms with Gasteiger partial charge in [0.05, 0.1) is 17.2 Å². The zero-order valence-corrected chi connectivity index (χ0v) is 17.2. The fourth-order valence-electron chi connectivity index (χ4n) is 3.84. The number of carbonyl (C=O) groups excluding carboxylic acids is 2. The zero-order valence-electron chi connectivity index (χ0n) is 16.4. The summed E-state index contributed by atoms with van der Waals surface area (Å²) in [6.07, 6.45) is 2.34. The lowest BCUT2D eigenvalue weighted by atomic mass is 10.1. The van der Waals surface area contributed by atoms with Crippen LogP contribution in [0.25, 0.3) is 10.9 Å². The Labute approximate surface area is 173 Å². The molecule has 1 aromatic carbocycles. The molecule has 1 fully saturated rings. The summed E-state index contributed by atoms with van der Waals surface area (Å²) in [6, 6.07) is 11.5. The predicted octanol–water partition coefficient (Wildman–Crippen LogP) is 3.50. The molecule has 4 rings (SSSR count). The highest BCUT2D eigenvalue weighted by Crippen LogP contribution is 2.26. The minimum absolute atomic E-state index is 0.101. The molecule has 0 aliphatic carbocycles.